The highest BCUT2D eigenvalue weighted by Gasteiger charge is 2.27. The maximum Gasteiger partial charge on any atom is 0.161 e. The van der Waals surface area contributed by atoms with Crippen LogP contribution in [-0.2, 0) is 12.8 Å². The van der Waals surface area contributed by atoms with Gasteiger partial charge in [0.05, 0.1) is 14.2 Å². The summed E-state index contributed by atoms with van der Waals surface area (Å²) in [5.41, 5.74) is 3.72. The Morgan fingerprint density at radius 2 is 1.87 bits per heavy atom. The zero-order chi connectivity index (χ0) is 16.4. The second kappa shape index (κ2) is 6.50. The number of rotatable bonds is 4. The molecule has 1 N–H and O–H groups in total. The van der Waals surface area contributed by atoms with Gasteiger partial charge in [0.2, 0.25) is 0 Å². The zero-order valence-corrected chi connectivity index (χ0v) is 13.9. The topological polar surface area (TPSA) is 41.9 Å². The standard InChI is InChI=1S/C19H23NO3/c1-20-8-7-14-11-18(22-2)19(23-3)12-16(14)17(20)10-13-5-4-6-15(21)9-13/h4-6,9,11-12,17,21H,7-8,10H2,1-3H3. The third kappa shape index (κ3) is 3.13. The number of aromatic hydroxyl groups is 1. The van der Waals surface area contributed by atoms with E-state index in [1.54, 1.807) is 20.3 Å². The van der Waals surface area contributed by atoms with Crippen molar-refractivity contribution in [1.29, 1.82) is 0 Å². The van der Waals surface area contributed by atoms with Crippen LogP contribution in [0.2, 0.25) is 0 Å². The molecule has 1 heterocycles. The first kappa shape index (κ1) is 15.7. The van der Waals surface area contributed by atoms with E-state index >= 15 is 0 Å². The Hall–Kier alpha value is -2.20. The lowest BCUT2D eigenvalue weighted by Gasteiger charge is -2.35. The summed E-state index contributed by atoms with van der Waals surface area (Å²) in [5, 5.41) is 9.70. The molecule has 0 amide bonds. The van der Waals surface area contributed by atoms with Crippen LogP contribution in [0.1, 0.15) is 22.7 Å². The summed E-state index contributed by atoms with van der Waals surface area (Å²) in [5.74, 6) is 1.86. The smallest absolute Gasteiger partial charge is 0.161 e. The highest BCUT2D eigenvalue weighted by molar-refractivity contribution is 5.50. The fourth-order valence-electron chi connectivity index (χ4n) is 3.33. The second-order valence-electron chi connectivity index (χ2n) is 6.03. The van der Waals surface area contributed by atoms with Gasteiger partial charge in [-0.25, -0.2) is 0 Å². The maximum atomic E-state index is 9.70. The quantitative estimate of drug-likeness (QED) is 0.941. The Morgan fingerprint density at radius 1 is 1.13 bits per heavy atom. The van der Waals surface area contributed by atoms with Gasteiger partial charge in [0.25, 0.3) is 0 Å². The normalized spacial score (nSPS) is 17.6. The fraction of sp³-hybridized carbons (Fsp3) is 0.368. The van der Waals surface area contributed by atoms with Crippen molar-refractivity contribution in [2.24, 2.45) is 0 Å². The summed E-state index contributed by atoms with van der Waals surface area (Å²) in [6, 6.07) is 11.9. The van der Waals surface area contributed by atoms with E-state index < -0.39 is 0 Å². The summed E-state index contributed by atoms with van der Waals surface area (Å²) in [7, 11) is 5.48. The molecule has 4 heteroatoms. The van der Waals surface area contributed by atoms with Crippen molar-refractivity contribution in [1.82, 2.24) is 4.90 Å². The molecule has 122 valence electrons. The summed E-state index contributed by atoms with van der Waals surface area (Å²) in [6.45, 7) is 1.01. The Labute approximate surface area is 137 Å². The number of likely N-dealkylation sites (N-methyl/N-ethyl adjacent to an activating group) is 1. The first-order valence-corrected chi connectivity index (χ1v) is 7.85. The highest BCUT2D eigenvalue weighted by Crippen LogP contribution is 2.39. The van der Waals surface area contributed by atoms with E-state index in [1.807, 2.05) is 12.1 Å². The van der Waals surface area contributed by atoms with Crippen LogP contribution in [-0.4, -0.2) is 37.8 Å². The number of nitrogens with zero attached hydrogens (tertiary/aromatic N) is 1. The number of benzene rings is 2. The third-order valence-electron chi connectivity index (χ3n) is 4.61. The molecule has 3 rings (SSSR count). The van der Waals surface area contributed by atoms with Crippen LogP contribution in [0.4, 0.5) is 0 Å². The predicted octanol–water partition coefficient (Wildman–Crippen LogP) is 3.18. The van der Waals surface area contributed by atoms with Crippen LogP contribution in [0.15, 0.2) is 36.4 Å². The van der Waals surface area contributed by atoms with Crippen molar-refractivity contribution < 1.29 is 14.6 Å². The van der Waals surface area contributed by atoms with Crippen LogP contribution in [0.5, 0.6) is 17.2 Å². The Bertz CT molecular complexity index is 699. The van der Waals surface area contributed by atoms with E-state index in [1.165, 1.54) is 11.1 Å². The summed E-state index contributed by atoms with van der Waals surface area (Å²) in [4.78, 5) is 2.36. The van der Waals surface area contributed by atoms with Gasteiger partial charge < -0.3 is 14.6 Å². The third-order valence-corrected chi connectivity index (χ3v) is 4.61. The molecule has 0 aliphatic carbocycles. The van der Waals surface area contributed by atoms with Crippen LogP contribution in [0, 0.1) is 0 Å². The molecule has 0 fully saturated rings. The number of fused-ring (bicyclic) bond motifs is 1. The average molecular weight is 313 g/mol. The van der Waals surface area contributed by atoms with Gasteiger partial charge in [-0.05, 0) is 60.8 Å². The molecule has 0 radical (unpaired) electrons. The van der Waals surface area contributed by atoms with Gasteiger partial charge in [-0.2, -0.15) is 0 Å². The number of ether oxygens (including phenoxy) is 2. The molecule has 0 aromatic heterocycles. The lowest BCUT2D eigenvalue weighted by molar-refractivity contribution is 0.228. The van der Waals surface area contributed by atoms with Gasteiger partial charge in [0, 0.05) is 12.6 Å². The number of hydrogen-bond acceptors (Lipinski definition) is 4. The summed E-state index contributed by atoms with van der Waals surface area (Å²) >= 11 is 0. The number of phenols is 1. The molecule has 4 nitrogen and oxygen atoms in total. The second-order valence-corrected chi connectivity index (χ2v) is 6.03. The van der Waals surface area contributed by atoms with Crippen molar-refractivity contribution >= 4 is 0 Å². The fourth-order valence-corrected chi connectivity index (χ4v) is 3.33. The SMILES string of the molecule is COc1cc2c(cc1OC)C(Cc1cccc(O)c1)N(C)CC2. The minimum absolute atomic E-state index is 0.264. The molecule has 2 aromatic rings. The Kier molecular flexibility index (Phi) is 4.44. The minimum Gasteiger partial charge on any atom is -0.508 e. The molecule has 23 heavy (non-hydrogen) atoms. The van der Waals surface area contributed by atoms with E-state index in [-0.39, 0.29) is 6.04 Å². The van der Waals surface area contributed by atoms with E-state index in [9.17, 15) is 5.11 Å². The molecule has 0 bridgehead atoms. The number of hydrogen-bond donors (Lipinski definition) is 1. The molecule has 0 spiro atoms. The van der Waals surface area contributed by atoms with E-state index in [0.717, 1.165) is 36.4 Å². The molecule has 2 aromatic carbocycles. The van der Waals surface area contributed by atoms with E-state index in [4.69, 9.17) is 9.47 Å². The molecular formula is C19H23NO3. The highest BCUT2D eigenvalue weighted by atomic mass is 16.5. The van der Waals surface area contributed by atoms with Crippen LogP contribution in [0.25, 0.3) is 0 Å². The lowest BCUT2D eigenvalue weighted by Crippen LogP contribution is -2.33. The number of phenolic OH excluding ortho intramolecular Hbond substituents is 1. The molecule has 1 unspecified atom stereocenters. The van der Waals surface area contributed by atoms with Crippen molar-refractivity contribution in [3.05, 3.63) is 53.1 Å². The first-order chi connectivity index (χ1) is 11.1. The van der Waals surface area contributed by atoms with Gasteiger partial charge in [0.15, 0.2) is 11.5 Å². The monoisotopic (exact) mass is 313 g/mol. The zero-order valence-electron chi connectivity index (χ0n) is 13.9. The Balaban J connectivity index is 1.98. The van der Waals surface area contributed by atoms with Crippen molar-refractivity contribution in [3.63, 3.8) is 0 Å². The molecule has 1 atom stereocenters. The minimum atomic E-state index is 0.264. The number of methoxy groups -OCH3 is 2. The van der Waals surface area contributed by atoms with Gasteiger partial charge >= 0.3 is 0 Å². The van der Waals surface area contributed by atoms with Crippen molar-refractivity contribution in [2.75, 3.05) is 27.8 Å². The van der Waals surface area contributed by atoms with Gasteiger partial charge in [0.1, 0.15) is 5.75 Å². The largest absolute Gasteiger partial charge is 0.508 e. The molecule has 0 saturated heterocycles. The van der Waals surface area contributed by atoms with Crippen molar-refractivity contribution in [3.8, 4) is 17.2 Å². The van der Waals surface area contributed by atoms with E-state index in [2.05, 4.69) is 30.1 Å². The lowest BCUT2D eigenvalue weighted by atomic mass is 9.88. The van der Waals surface area contributed by atoms with Crippen LogP contribution in [0.3, 0.4) is 0 Å². The maximum absolute atomic E-state index is 9.70. The summed E-state index contributed by atoms with van der Waals surface area (Å²) < 4.78 is 10.9. The average Bonchev–Trinajstić information content (AvgIpc) is 2.56. The van der Waals surface area contributed by atoms with Crippen molar-refractivity contribution in [2.45, 2.75) is 18.9 Å². The molecule has 1 aliphatic rings. The van der Waals surface area contributed by atoms with Gasteiger partial charge in [-0.15, -0.1) is 0 Å². The predicted molar refractivity (Wildman–Crippen MR) is 90.4 cm³/mol. The first-order valence-electron chi connectivity index (χ1n) is 7.85. The molecule has 0 saturated carbocycles. The van der Waals surface area contributed by atoms with E-state index in [0.29, 0.717) is 5.75 Å². The van der Waals surface area contributed by atoms with Crippen LogP contribution >= 0.6 is 0 Å². The van der Waals surface area contributed by atoms with Gasteiger partial charge in [-0.1, -0.05) is 12.1 Å². The molecular weight excluding hydrogens is 290 g/mol. The molecule has 1 aliphatic heterocycles. The Morgan fingerprint density at radius 3 is 2.57 bits per heavy atom. The summed E-state index contributed by atoms with van der Waals surface area (Å²) in [6.07, 6.45) is 1.86. The van der Waals surface area contributed by atoms with Crippen LogP contribution < -0.4 is 9.47 Å². The van der Waals surface area contributed by atoms with Gasteiger partial charge in [-0.3, -0.25) is 4.90 Å².